The van der Waals surface area contributed by atoms with Crippen molar-refractivity contribution in [3.8, 4) is 16.9 Å². The SMILES string of the molecule is CCCc1ncc(-c2ccncc2C)c(C2CCCN2C(=O)Cc2cc(C)ccc2OC)n1. The molecule has 1 aliphatic rings. The zero-order valence-electron chi connectivity index (χ0n) is 20.0. The van der Waals surface area contributed by atoms with Crippen LogP contribution in [-0.2, 0) is 17.6 Å². The molecule has 1 aliphatic heterocycles. The van der Waals surface area contributed by atoms with Crippen LogP contribution in [-0.4, -0.2) is 39.4 Å². The molecule has 1 aromatic carbocycles. The Morgan fingerprint density at radius 1 is 1.18 bits per heavy atom. The monoisotopic (exact) mass is 444 g/mol. The Bertz CT molecular complexity index is 1140. The highest BCUT2D eigenvalue weighted by molar-refractivity contribution is 5.81. The number of pyridine rings is 1. The first-order valence-corrected chi connectivity index (χ1v) is 11.7. The van der Waals surface area contributed by atoms with E-state index in [1.54, 1.807) is 13.3 Å². The lowest BCUT2D eigenvalue weighted by molar-refractivity contribution is -0.131. The Labute approximate surface area is 196 Å². The predicted octanol–water partition coefficient (Wildman–Crippen LogP) is 5.02. The summed E-state index contributed by atoms with van der Waals surface area (Å²) >= 11 is 0. The minimum Gasteiger partial charge on any atom is -0.496 e. The van der Waals surface area contributed by atoms with Gasteiger partial charge >= 0.3 is 0 Å². The van der Waals surface area contributed by atoms with Gasteiger partial charge in [-0.3, -0.25) is 9.78 Å². The molecule has 33 heavy (non-hydrogen) atoms. The minimum atomic E-state index is -0.0607. The molecule has 1 saturated heterocycles. The Balaban J connectivity index is 1.70. The molecule has 1 unspecified atom stereocenters. The minimum absolute atomic E-state index is 0.0607. The van der Waals surface area contributed by atoms with Crippen LogP contribution in [0, 0.1) is 13.8 Å². The summed E-state index contributed by atoms with van der Waals surface area (Å²) in [5.41, 5.74) is 6.13. The van der Waals surface area contributed by atoms with Crippen LogP contribution < -0.4 is 4.74 Å². The number of aryl methyl sites for hydroxylation is 3. The topological polar surface area (TPSA) is 68.2 Å². The van der Waals surface area contributed by atoms with Crippen LogP contribution in [0.1, 0.15) is 60.4 Å². The molecular weight excluding hydrogens is 412 g/mol. The zero-order valence-corrected chi connectivity index (χ0v) is 20.0. The van der Waals surface area contributed by atoms with Crippen molar-refractivity contribution in [1.82, 2.24) is 19.9 Å². The Kier molecular flexibility index (Phi) is 7.02. The fourth-order valence-electron chi connectivity index (χ4n) is 4.67. The summed E-state index contributed by atoms with van der Waals surface area (Å²) in [6.07, 6.45) is 9.57. The second kappa shape index (κ2) is 10.1. The van der Waals surface area contributed by atoms with Crippen LogP contribution in [0.5, 0.6) is 5.75 Å². The van der Waals surface area contributed by atoms with Crippen LogP contribution in [0.2, 0.25) is 0 Å². The van der Waals surface area contributed by atoms with Gasteiger partial charge in [-0.25, -0.2) is 9.97 Å². The van der Waals surface area contributed by atoms with Gasteiger partial charge in [0.15, 0.2) is 0 Å². The van der Waals surface area contributed by atoms with Gasteiger partial charge in [-0.05, 0) is 56.4 Å². The molecule has 6 nitrogen and oxygen atoms in total. The van der Waals surface area contributed by atoms with Crippen molar-refractivity contribution < 1.29 is 9.53 Å². The highest BCUT2D eigenvalue weighted by Gasteiger charge is 2.33. The van der Waals surface area contributed by atoms with Crippen molar-refractivity contribution in [2.45, 2.75) is 58.9 Å². The van der Waals surface area contributed by atoms with E-state index < -0.39 is 0 Å². The van der Waals surface area contributed by atoms with Gasteiger partial charge in [0.2, 0.25) is 5.91 Å². The number of aromatic nitrogens is 3. The maximum Gasteiger partial charge on any atom is 0.227 e. The standard InChI is InChI=1S/C27H32N4O2/c1-5-7-25-29-17-22(21-11-12-28-16-19(21)3)27(30-25)23-8-6-13-31(23)26(32)15-20-14-18(2)9-10-24(20)33-4/h9-12,14,16-17,23H,5-8,13,15H2,1-4H3. The van der Waals surface area contributed by atoms with Crippen LogP contribution in [0.25, 0.3) is 11.1 Å². The molecule has 0 spiro atoms. The van der Waals surface area contributed by atoms with Crippen LogP contribution in [0.3, 0.4) is 0 Å². The van der Waals surface area contributed by atoms with Crippen molar-refractivity contribution in [3.05, 3.63) is 71.1 Å². The third-order valence-corrected chi connectivity index (χ3v) is 6.32. The molecule has 6 heteroatoms. The lowest BCUT2D eigenvalue weighted by Gasteiger charge is -2.27. The number of likely N-dealkylation sites (tertiary alicyclic amines) is 1. The summed E-state index contributed by atoms with van der Waals surface area (Å²) < 4.78 is 5.51. The van der Waals surface area contributed by atoms with E-state index in [9.17, 15) is 4.79 Å². The lowest BCUT2D eigenvalue weighted by atomic mass is 9.97. The van der Waals surface area contributed by atoms with Gasteiger partial charge in [0.25, 0.3) is 0 Å². The number of hydrogen-bond acceptors (Lipinski definition) is 5. The van der Waals surface area contributed by atoms with E-state index in [0.29, 0.717) is 6.42 Å². The van der Waals surface area contributed by atoms with Crippen molar-refractivity contribution in [2.75, 3.05) is 13.7 Å². The van der Waals surface area contributed by atoms with E-state index in [1.807, 2.05) is 55.4 Å². The highest BCUT2D eigenvalue weighted by Crippen LogP contribution is 2.38. The van der Waals surface area contributed by atoms with Crippen LogP contribution in [0.15, 0.2) is 42.9 Å². The van der Waals surface area contributed by atoms with Gasteiger partial charge in [-0.2, -0.15) is 0 Å². The van der Waals surface area contributed by atoms with Gasteiger partial charge in [0.05, 0.1) is 25.3 Å². The van der Waals surface area contributed by atoms with Crippen molar-refractivity contribution in [1.29, 1.82) is 0 Å². The number of nitrogens with zero attached hydrogens (tertiary/aromatic N) is 4. The summed E-state index contributed by atoms with van der Waals surface area (Å²) in [5, 5.41) is 0. The van der Waals surface area contributed by atoms with Gasteiger partial charge < -0.3 is 9.64 Å². The average molecular weight is 445 g/mol. The first-order valence-electron chi connectivity index (χ1n) is 11.7. The van der Waals surface area contributed by atoms with Crippen molar-refractivity contribution in [3.63, 3.8) is 0 Å². The third kappa shape index (κ3) is 4.90. The van der Waals surface area contributed by atoms with Gasteiger partial charge in [-0.1, -0.05) is 24.6 Å². The van der Waals surface area contributed by atoms with Crippen molar-refractivity contribution >= 4 is 5.91 Å². The molecule has 2 aromatic heterocycles. The molecule has 1 amide bonds. The van der Waals surface area contributed by atoms with E-state index >= 15 is 0 Å². The molecular formula is C27H32N4O2. The normalized spacial score (nSPS) is 15.6. The third-order valence-electron chi connectivity index (χ3n) is 6.32. The number of rotatable bonds is 7. The lowest BCUT2D eigenvalue weighted by Crippen LogP contribution is -2.33. The van der Waals surface area contributed by atoms with Gasteiger partial charge in [0.1, 0.15) is 11.6 Å². The van der Waals surface area contributed by atoms with Gasteiger partial charge in [0, 0.05) is 42.7 Å². The fourth-order valence-corrected chi connectivity index (χ4v) is 4.67. The number of carbonyl (C=O) groups is 1. The second-order valence-corrected chi connectivity index (χ2v) is 8.76. The van der Waals surface area contributed by atoms with Crippen molar-refractivity contribution in [2.24, 2.45) is 0 Å². The number of methoxy groups -OCH3 is 1. The maximum atomic E-state index is 13.5. The first-order chi connectivity index (χ1) is 16.0. The van der Waals surface area contributed by atoms with E-state index in [0.717, 1.165) is 77.3 Å². The number of amides is 1. The maximum absolute atomic E-state index is 13.5. The molecule has 172 valence electrons. The molecule has 3 heterocycles. The second-order valence-electron chi connectivity index (χ2n) is 8.76. The molecule has 3 aromatic rings. The molecule has 0 N–H and O–H groups in total. The summed E-state index contributed by atoms with van der Waals surface area (Å²) in [6.45, 7) is 6.95. The Morgan fingerprint density at radius 3 is 2.79 bits per heavy atom. The fraction of sp³-hybridized carbons (Fsp3) is 0.407. The number of ether oxygens (including phenoxy) is 1. The molecule has 4 rings (SSSR count). The Hall–Kier alpha value is -3.28. The summed E-state index contributed by atoms with van der Waals surface area (Å²) in [6, 6.07) is 7.93. The summed E-state index contributed by atoms with van der Waals surface area (Å²) in [5.74, 6) is 1.70. The number of hydrogen-bond donors (Lipinski definition) is 0. The smallest absolute Gasteiger partial charge is 0.227 e. The molecule has 1 atom stereocenters. The molecule has 0 saturated carbocycles. The van der Waals surface area contributed by atoms with E-state index in [4.69, 9.17) is 9.72 Å². The van der Waals surface area contributed by atoms with E-state index in [2.05, 4.69) is 16.9 Å². The molecule has 0 aliphatic carbocycles. The molecule has 0 radical (unpaired) electrons. The molecule has 0 bridgehead atoms. The summed E-state index contributed by atoms with van der Waals surface area (Å²) in [7, 11) is 1.65. The van der Waals surface area contributed by atoms with E-state index in [-0.39, 0.29) is 11.9 Å². The molecule has 1 fully saturated rings. The number of benzene rings is 1. The average Bonchev–Trinajstić information content (AvgIpc) is 3.30. The van der Waals surface area contributed by atoms with E-state index in [1.165, 1.54) is 0 Å². The van der Waals surface area contributed by atoms with Gasteiger partial charge in [-0.15, -0.1) is 0 Å². The first kappa shape index (κ1) is 22.9. The summed E-state index contributed by atoms with van der Waals surface area (Å²) in [4.78, 5) is 29.4. The Morgan fingerprint density at radius 2 is 2.03 bits per heavy atom. The number of carbonyl (C=O) groups excluding carboxylic acids is 1. The largest absolute Gasteiger partial charge is 0.496 e. The van der Waals surface area contributed by atoms with Crippen LogP contribution >= 0.6 is 0 Å². The predicted molar refractivity (Wildman–Crippen MR) is 129 cm³/mol. The zero-order chi connectivity index (χ0) is 23.4. The highest BCUT2D eigenvalue weighted by atomic mass is 16.5. The quantitative estimate of drug-likeness (QED) is 0.512. The van der Waals surface area contributed by atoms with Crippen LogP contribution in [0.4, 0.5) is 0 Å².